The number of aliphatic hydroxyl groups is 1. The molecular formula is C27H28N6O4. The minimum atomic E-state index is -0.483. The molecule has 3 aromatic rings. The molecule has 1 aliphatic rings. The number of carbonyl (C=O) groups excluding carboxylic acids is 2. The maximum atomic E-state index is 13.5. The maximum Gasteiger partial charge on any atom is 0.273 e. The van der Waals surface area contributed by atoms with Crippen molar-refractivity contribution in [1.82, 2.24) is 29.7 Å². The number of hydrogen-bond acceptors (Lipinski definition) is 8. The number of carbonyl (C=O) groups is 2. The number of nitrogens with zero attached hydrogens (tertiary/aromatic N) is 6. The number of aliphatic hydroxyl groups excluding tert-OH is 1. The van der Waals surface area contributed by atoms with Gasteiger partial charge in [-0.1, -0.05) is 18.9 Å². The normalized spacial score (nSPS) is 17.8. The van der Waals surface area contributed by atoms with E-state index in [0.717, 1.165) is 0 Å². The van der Waals surface area contributed by atoms with E-state index in [-0.39, 0.29) is 48.0 Å². The minimum absolute atomic E-state index is 0.153. The van der Waals surface area contributed by atoms with Crippen LogP contribution in [0.5, 0.6) is 5.88 Å². The first-order valence-electron chi connectivity index (χ1n) is 11.9. The predicted molar refractivity (Wildman–Crippen MR) is 135 cm³/mol. The molecule has 10 nitrogen and oxygen atoms in total. The first kappa shape index (κ1) is 25.7. The first-order valence-corrected chi connectivity index (χ1v) is 11.9. The summed E-state index contributed by atoms with van der Waals surface area (Å²) >= 11 is 0. The monoisotopic (exact) mass is 500 g/mol. The van der Waals surface area contributed by atoms with Crippen LogP contribution in [-0.2, 0) is 0 Å². The van der Waals surface area contributed by atoms with Crippen LogP contribution in [-0.4, -0.2) is 85.5 Å². The van der Waals surface area contributed by atoms with E-state index in [1.54, 1.807) is 49.5 Å². The predicted octanol–water partition coefficient (Wildman–Crippen LogP) is 1.66. The van der Waals surface area contributed by atoms with Crippen molar-refractivity contribution in [2.24, 2.45) is 5.92 Å². The van der Waals surface area contributed by atoms with E-state index < -0.39 is 12.1 Å². The molecule has 0 aromatic carbocycles. The summed E-state index contributed by atoms with van der Waals surface area (Å²) < 4.78 is 6.24. The van der Waals surface area contributed by atoms with Gasteiger partial charge in [0.15, 0.2) is 0 Å². The Morgan fingerprint density at radius 1 is 1.22 bits per heavy atom. The standard InChI is InChI=1S/C27H28N6O4/c1-18-15-33(19(2)17-34)26(35)22-12-20(7-8-21-6-4-5-9-29-21)13-31-25(22)37-24(18)16-32(3)27(36)23-14-28-10-11-30-23/h4-6,9-14,18-19,24,34H,15-17H2,1-3H3/t18-,19+,24+/m1/s1. The summed E-state index contributed by atoms with van der Waals surface area (Å²) in [6, 6.07) is 6.65. The number of likely N-dealkylation sites (N-methyl/N-ethyl adjacent to an activating group) is 1. The number of hydrogen-bond donors (Lipinski definition) is 1. The Balaban J connectivity index is 1.65. The van der Waals surface area contributed by atoms with Crippen molar-refractivity contribution in [2.75, 3.05) is 26.7 Å². The number of ether oxygens (including phenoxy) is 1. The molecule has 0 unspecified atom stereocenters. The SMILES string of the molecule is C[C@@H]1CN([C@@H](C)CO)C(=O)c2cc(C#Cc3ccccn3)cnc2O[C@H]1CN(C)C(=O)c1cnccn1. The highest BCUT2D eigenvalue weighted by Gasteiger charge is 2.35. The smallest absolute Gasteiger partial charge is 0.273 e. The largest absolute Gasteiger partial charge is 0.472 e. The summed E-state index contributed by atoms with van der Waals surface area (Å²) in [5.74, 6) is 5.34. The Morgan fingerprint density at radius 2 is 2.05 bits per heavy atom. The molecule has 0 saturated carbocycles. The second kappa shape index (κ2) is 11.6. The number of amides is 2. The van der Waals surface area contributed by atoms with E-state index in [4.69, 9.17) is 4.74 Å². The average Bonchev–Trinajstić information content (AvgIpc) is 2.94. The molecule has 0 fully saturated rings. The van der Waals surface area contributed by atoms with E-state index in [2.05, 4.69) is 31.8 Å². The Bertz CT molecular complexity index is 1310. The lowest BCUT2D eigenvalue weighted by molar-refractivity contribution is 0.0312. The van der Waals surface area contributed by atoms with E-state index in [1.165, 1.54) is 23.5 Å². The summed E-state index contributed by atoms with van der Waals surface area (Å²) in [6.45, 7) is 4.07. The molecule has 0 bridgehead atoms. The molecule has 0 aliphatic carbocycles. The number of fused-ring (bicyclic) bond motifs is 1. The topological polar surface area (TPSA) is 122 Å². The van der Waals surface area contributed by atoms with E-state index >= 15 is 0 Å². The van der Waals surface area contributed by atoms with Gasteiger partial charge in [-0.05, 0) is 31.0 Å². The van der Waals surface area contributed by atoms with Gasteiger partial charge in [-0.2, -0.15) is 0 Å². The van der Waals surface area contributed by atoms with Crippen molar-refractivity contribution in [3.05, 3.63) is 77.8 Å². The third-order valence-electron chi connectivity index (χ3n) is 6.10. The molecule has 0 spiro atoms. The molecule has 37 heavy (non-hydrogen) atoms. The van der Waals surface area contributed by atoms with Crippen LogP contribution in [0.1, 0.15) is 46.0 Å². The zero-order valence-electron chi connectivity index (χ0n) is 20.9. The van der Waals surface area contributed by atoms with Gasteiger partial charge in [0.2, 0.25) is 5.88 Å². The summed E-state index contributed by atoms with van der Waals surface area (Å²) in [5, 5.41) is 9.84. The molecule has 3 atom stereocenters. The van der Waals surface area contributed by atoms with Gasteiger partial charge in [-0.3, -0.25) is 14.6 Å². The maximum absolute atomic E-state index is 13.5. The second-order valence-corrected chi connectivity index (χ2v) is 8.94. The molecule has 4 heterocycles. The van der Waals surface area contributed by atoms with Crippen molar-refractivity contribution in [1.29, 1.82) is 0 Å². The summed E-state index contributed by atoms with van der Waals surface area (Å²) in [4.78, 5) is 46.2. The number of rotatable bonds is 5. The summed E-state index contributed by atoms with van der Waals surface area (Å²) in [5.41, 5.74) is 1.59. The molecule has 190 valence electrons. The van der Waals surface area contributed by atoms with Gasteiger partial charge in [-0.25, -0.2) is 15.0 Å². The van der Waals surface area contributed by atoms with E-state index in [9.17, 15) is 14.7 Å². The molecule has 2 amide bonds. The third-order valence-corrected chi connectivity index (χ3v) is 6.10. The molecule has 0 saturated heterocycles. The summed E-state index contributed by atoms with van der Waals surface area (Å²) in [7, 11) is 1.66. The fourth-order valence-corrected chi connectivity index (χ4v) is 3.92. The van der Waals surface area contributed by atoms with Crippen molar-refractivity contribution >= 4 is 11.8 Å². The summed E-state index contributed by atoms with van der Waals surface area (Å²) in [6.07, 6.45) is 7.09. The van der Waals surface area contributed by atoms with Gasteiger partial charge in [0.1, 0.15) is 23.1 Å². The quantitative estimate of drug-likeness (QED) is 0.525. The fraction of sp³-hybridized carbons (Fsp3) is 0.333. The minimum Gasteiger partial charge on any atom is -0.472 e. The molecule has 10 heteroatoms. The van der Waals surface area contributed by atoms with Crippen molar-refractivity contribution in [3.8, 4) is 17.7 Å². The Hall–Kier alpha value is -4.36. The van der Waals surface area contributed by atoms with E-state index in [1.807, 2.05) is 13.0 Å². The van der Waals surface area contributed by atoms with Gasteiger partial charge in [0.25, 0.3) is 11.8 Å². The van der Waals surface area contributed by atoms with Gasteiger partial charge < -0.3 is 19.6 Å². The lowest BCUT2D eigenvalue weighted by Gasteiger charge is -2.37. The fourth-order valence-electron chi connectivity index (χ4n) is 3.92. The lowest BCUT2D eigenvalue weighted by Crippen LogP contribution is -2.50. The highest BCUT2D eigenvalue weighted by Crippen LogP contribution is 2.27. The van der Waals surface area contributed by atoms with E-state index in [0.29, 0.717) is 17.8 Å². The average molecular weight is 501 g/mol. The zero-order chi connectivity index (χ0) is 26.4. The van der Waals surface area contributed by atoms with Crippen LogP contribution < -0.4 is 4.74 Å². The van der Waals surface area contributed by atoms with Crippen LogP contribution in [0, 0.1) is 17.8 Å². The molecule has 1 N–H and O–H groups in total. The van der Waals surface area contributed by atoms with Gasteiger partial charge in [-0.15, -0.1) is 0 Å². The van der Waals surface area contributed by atoms with Gasteiger partial charge >= 0.3 is 0 Å². The van der Waals surface area contributed by atoms with Crippen molar-refractivity contribution in [2.45, 2.75) is 26.0 Å². The Morgan fingerprint density at radius 3 is 2.76 bits per heavy atom. The highest BCUT2D eigenvalue weighted by molar-refractivity contribution is 5.97. The Kier molecular flexibility index (Phi) is 8.05. The Labute approximate surface area is 215 Å². The first-order chi connectivity index (χ1) is 17.9. The van der Waals surface area contributed by atoms with Crippen molar-refractivity contribution < 1.29 is 19.4 Å². The van der Waals surface area contributed by atoms with Crippen LogP contribution in [0.15, 0.2) is 55.2 Å². The molecule has 0 radical (unpaired) electrons. The highest BCUT2D eigenvalue weighted by atomic mass is 16.5. The lowest BCUT2D eigenvalue weighted by atomic mass is 9.99. The molecular weight excluding hydrogens is 472 g/mol. The van der Waals surface area contributed by atoms with Crippen LogP contribution >= 0.6 is 0 Å². The second-order valence-electron chi connectivity index (χ2n) is 8.94. The molecule has 1 aliphatic heterocycles. The van der Waals surface area contributed by atoms with Crippen LogP contribution in [0.2, 0.25) is 0 Å². The van der Waals surface area contributed by atoms with Crippen molar-refractivity contribution in [3.63, 3.8) is 0 Å². The van der Waals surface area contributed by atoms with Crippen LogP contribution in [0.3, 0.4) is 0 Å². The van der Waals surface area contributed by atoms with Gasteiger partial charge in [0, 0.05) is 49.9 Å². The van der Waals surface area contributed by atoms with Crippen LogP contribution in [0.25, 0.3) is 0 Å². The zero-order valence-corrected chi connectivity index (χ0v) is 20.9. The molecule has 3 aromatic heterocycles. The van der Waals surface area contributed by atoms with Crippen LogP contribution in [0.4, 0.5) is 0 Å². The van der Waals surface area contributed by atoms with Gasteiger partial charge in [0.05, 0.1) is 25.4 Å². The number of aromatic nitrogens is 4. The number of pyridine rings is 2. The molecule has 4 rings (SSSR count). The third kappa shape index (κ3) is 6.08.